The Hall–Kier alpha value is -0.490. The second kappa shape index (κ2) is 3.71. The van der Waals surface area contributed by atoms with Gasteiger partial charge in [-0.1, -0.05) is 51.4 Å². The first-order valence-corrected chi connectivity index (χ1v) is 5.08. The number of hydrogen-bond donors (Lipinski definition) is 0. The van der Waals surface area contributed by atoms with Crippen molar-refractivity contribution >= 4 is 11.6 Å². The van der Waals surface area contributed by atoms with E-state index >= 15 is 0 Å². The SMILES string of the molecule is CC(C)C(C)(C)c1cccc(Cl)c1. The van der Waals surface area contributed by atoms with Crippen LogP contribution in [-0.4, -0.2) is 0 Å². The Kier molecular flexibility index (Phi) is 3.02. The average Bonchev–Trinajstić information content (AvgIpc) is 2.04. The monoisotopic (exact) mass is 196 g/mol. The van der Waals surface area contributed by atoms with Crippen molar-refractivity contribution in [2.24, 2.45) is 5.92 Å². The topological polar surface area (TPSA) is 0 Å². The van der Waals surface area contributed by atoms with E-state index in [0.29, 0.717) is 5.92 Å². The van der Waals surface area contributed by atoms with Crippen molar-refractivity contribution in [2.45, 2.75) is 33.1 Å². The molecule has 13 heavy (non-hydrogen) atoms. The summed E-state index contributed by atoms with van der Waals surface area (Å²) in [7, 11) is 0. The first-order valence-electron chi connectivity index (χ1n) is 4.70. The summed E-state index contributed by atoms with van der Waals surface area (Å²) in [6.45, 7) is 8.98. The molecule has 0 aliphatic heterocycles. The zero-order valence-electron chi connectivity index (χ0n) is 8.76. The fourth-order valence-corrected chi connectivity index (χ4v) is 1.41. The highest BCUT2D eigenvalue weighted by molar-refractivity contribution is 6.30. The second-order valence-corrected chi connectivity index (χ2v) is 4.82. The van der Waals surface area contributed by atoms with Crippen LogP contribution in [-0.2, 0) is 5.41 Å². The van der Waals surface area contributed by atoms with Gasteiger partial charge in [-0.25, -0.2) is 0 Å². The van der Waals surface area contributed by atoms with Crippen LogP contribution in [0.3, 0.4) is 0 Å². The van der Waals surface area contributed by atoms with Crippen LogP contribution in [0, 0.1) is 5.92 Å². The molecule has 1 heteroatoms. The van der Waals surface area contributed by atoms with Gasteiger partial charge in [0.2, 0.25) is 0 Å². The van der Waals surface area contributed by atoms with Gasteiger partial charge in [-0.05, 0) is 29.0 Å². The predicted octanol–water partition coefficient (Wildman–Crippen LogP) is 4.27. The van der Waals surface area contributed by atoms with Crippen LogP contribution in [0.25, 0.3) is 0 Å². The van der Waals surface area contributed by atoms with Gasteiger partial charge in [-0.2, -0.15) is 0 Å². The third-order valence-corrected chi connectivity index (χ3v) is 3.25. The van der Waals surface area contributed by atoms with E-state index in [4.69, 9.17) is 11.6 Å². The Balaban J connectivity index is 3.07. The molecule has 1 aromatic rings. The van der Waals surface area contributed by atoms with Crippen LogP contribution in [0.2, 0.25) is 5.02 Å². The molecule has 0 heterocycles. The van der Waals surface area contributed by atoms with Gasteiger partial charge in [0.1, 0.15) is 0 Å². The van der Waals surface area contributed by atoms with Gasteiger partial charge in [0.15, 0.2) is 0 Å². The lowest BCUT2D eigenvalue weighted by Gasteiger charge is -2.29. The molecule has 0 aliphatic carbocycles. The van der Waals surface area contributed by atoms with Crippen molar-refractivity contribution in [2.75, 3.05) is 0 Å². The molecule has 0 N–H and O–H groups in total. The number of benzene rings is 1. The van der Waals surface area contributed by atoms with Gasteiger partial charge in [-0.3, -0.25) is 0 Å². The van der Waals surface area contributed by atoms with Crippen LogP contribution >= 0.6 is 11.6 Å². The Labute approximate surface area is 85.9 Å². The largest absolute Gasteiger partial charge is 0.0843 e. The van der Waals surface area contributed by atoms with Crippen molar-refractivity contribution in [3.05, 3.63) is 34.9 Å². The van der Waals surface area contributed by atoms with Gasteiger partial charge in [0.25, 0.3) is 0 Å². The summed E-state index contributed by atoms with van der Waals surface area (Å²) in [6.07, 6.45) is 0. The molecule has 0 aromatic heterocycles. The van der Waals surface area contributed by atoms with E-state index in [2.05, 4.69) is 39.8 Å². The van der Waals surface area contributed by atoms with Crippen molar-refractivity contribution in [1.29, 1.82) is 0 Å². The van der Waals surface area contributed by atoms with Gasteiger partial charge >= 0.3 is 0 Å². The molecule has 1 rings (SSSR count). The summed E-state index contributed by atoms with van der Waals surface area (Å²) in [5.41, 5.74) is 1.51. The second-order valence-electron chi connectivity index (χ2n) is 4.39. The Bertz CT molecular complexity index is 287. The van der Waals surface area contributed by atoms with E-state index in [-0.39, 0.29) is 5.41 Å². The maximum atomic E-state index is 5.96. The van der Waals surface area contributed by atoms with Crippen LogP contribution < -0.4 is 0 Å². The van der Waals surface area contributed by atoms with Gasteiger partial charge in [0.05, 0.1) is 0 Å². The Morgan fingerprint density at radius 3 is 2.31 bits per heavy atom. The molecular formula is C12H17Cl. The predicted molar refractivity (Wildman–Crippen MR) is 59.3 cm³/mol. The molecule has 0 nitrogen and oxygen atoms in total. The third kappa shape index (κ3) is 2.25. The first kappa shape index (κ1) is 10.6. The van der Waals surface area contributed by atoms with Crippen molar-refractivity contribution in [1.82, 2.24) is 0 Å². The molecular weight excluding hydrogens is 180 g/mol. The fourth-order valence-electron chi connectivity index (χ4n) is 1.22. The molecule has 0 bridgehead atoms. The van der Waals surface area contributed by atoms with E-state index in [0.717, 1.165) is 5.02 Å². The molecule has 0 amide bonds. The maximum Gasteiger partial charge on any atom is 0.0408 e. The molecule has 0 saturated heterocycles. The molecule has 0 unspecified atom stereocenters. The molecule has 0 radical (unpaired) electrons. The highest BCUT2D eigenvalue weighted by Gasteiger charge is 2.24. The van der Waals surface area contributed by atoms with Crippen LogP contribution in [0.15, 0.2) is 24.3 Å². The zero-order valence-corrected chi connectivity index (χ0v) is 9.52. The normalized spacial score (nSPS) is 12.2. The first-order chi connectivity index (χ1) is 5.94. The van der Waals surface area contributed by atoms with Crippen LogP contribution in [0.5, 0.6) is 0 Å². The standard InChI is InChI=1S/C12H17Cl/c1-9(2)12(3,4)10-6-5-7-11(13)8-10/h5-9H,1-4H3. The zero-order chi connectivity index (χ0) is 10.1. The lowest BCUT2D eigenvalue weighted by Crippen LogP contribution is -2.24. The van der Waals surface area contributed by atoms with Crippen molar-refractivity contribution < 1.29 is 0 Å². The molecule has 72 valence electrons. The Morgan fingerprint density at radius 1 is 1.23 bits per heavy atom. The van der Waals surface area contributed by atoms with Crippen molar-refractivity contribution in [3.63, 3.8) is 0 Å². The van der Waals surface area contributed by atoms with E-state index < -0.39 is 0 Å². The highest BCUT2D eigenvalue weighted by Crippen LogP contribution is 2.32. The average molecular weight is 197 g/mol. The minimum Gasteiger partial charge on any atom is -0.0843 e. The number of hydrogen-bond acceptors (Lipinski definition) is 0. The lowest BCUT2D eigenvalue weighted by atomic mass is 9.75. The van der Waals surface area contributed by atoms with E-state index in [1.165, 1.54) is 5.56 Å². The van der Waals surface area contributed by atoms with Gasteiger partial charge in [0, 0.05) is 5.02 Å². The summed E-state index contributed by atoms with van der Waals surface area (Å²) in [6, 6.07) is 8.14. The van der Waals surface area contributed by atoms with E-state index in [1.807, 2.05) is 12.1 Å². The number of halogens is 1. The Morgan fingerprint density at radius 2 is 1.85 bits per heavy atom. The smallest absolute Gasteiger partial charge is 0.0408 e. The van der Waals surface area contributed by atoms with E-state index in [9.17, 15) is 0 Å². The summed E-state index contributed by atoms with van der Waals surface area (Å²) >= 11 is 5.96. The van der Waals surface area contributed by atoms with Crippen LogP contribution in [0.4, 0.5) is 0 Å². The molecule has 0 fully saturated rings. The molecule has 0 spiro atoms. The van der Waals surface area contributed by atoms with Gasteiger partial charge < -0.3 is 0 Å². The summed E-state index contributed by atoms with van der Waals surface area (Å²) in [5, 5.41) is 0.825. The lowest BCUT2D eigenvalue weighted by molar-refractivity contribution is 0.372. The molecule has 0 aliphatic rings. The van der Waals surface area contributed by atoms with Gasteiger partial charge in [-0.15, -0.1) is 0 Å². The quantitative estimate of drug-likeness (QED) is 0.663. The molecule has 0 saturated carbocycles. The summed E-state index contributed by atoms with van der Waals surface area (Å²) in [4.78, 5) is 0. The van der Waals surface area contributed by atoms with Crippen LogP contribution in [0.1, 0.15) is 33.3 Å². The molecule has 1 aromatic carbocycles. The molecule has 0 atom stereocenters. The summed E-state index contributed by atoms with van der Waals surface area (Å²) in [5.74, 6) is 0.617. The fraction of sp³-hybridized carbons (Fsp3) is 0.500. The highest BCUT2D eigenvalue weighted by atomic mass is 35.5. The summed E-state index contributed by atoms with van der Waals surface area (Å²) < 4.78 is 0. The van der Waals surface area contributed by atoms with Crippen molar-refractivity contribution in [3.8, 4) is 0 Å². The third-order valence-electron chi connectivity index (χ3n) is 3.01. The number of rotatable bonds is 2. The minimum atomic E-state index is 0.199. The van der Waals surface area contributed by atoms with E-state index in [1.54, 1.807) is 0 Å². The minimum absolute atomic E-state index is 0.199. The maximum absolute atomic E-state index is 5.96.